The number of aromatic nitrogens is 1. The lowest BCUT2D eigenvalue weighted by Gasteiger charge is -2.28. The number of aromatic hydroxyl groups is 1. The molecule has 0 saturated heterocycles. The molecule has 0 atom stereocenters. The van der Waals surface area contributed by atoms with Crippen molar-refractivity contribution in [3.05, 3.63) is 48.3 Å². The predicted molar refractivity (Wildman–Crippen MR) is 72.7 cm³/mol. The number of rotatable bonds is 1. The third kappa shape index (κ3) is 1.97. The number of carbonyl (C=O) groups excluding carboxylic acids is 2. The standard InChI is InChI=1S/C14H11N3O3/c18-11-6-3-7-15-13(11)14(20)17-8-12(19)16-9-4-1-2-5-10(9)17/h1-7,18H,8H2,(H,16,19). The minimum atomic E-state index is -0.509. The summed E-state index contributed by atoms with van der Waals surface area (Å²) in [4.78, 5) is 29.3. The number of carbonyl (C=O) groups is 2. The summed E-state index contributed by atoms with van der Waals surface area (Å²) in [7, 11) is 0. The van der Waals surface area contributed by atoms with Crippen molar-refractivity contribution in [1.29, 1.82) is 0 Å². The van der Waals surface area contributed by atoms with E-state index in [1.54, 1.807) is 24.3 Å². The largest absolute Gasteiger partial charge is 0.505 e. The van der Waals surface area contributed by atoms with E-state index in [4.69, 9.17) is 0 Å². The van der Waals surface area contributed by atoms with E-state index in [9.17, 15) is 14.7 Å². The van der Waals surface area contributed by atoms with Crippen LogP contribution in [0, 0.1) is 0 Å². The molecule has 100 valence electrons. The van der Waals surface area contributed by atoms with Gasteiger partial charge in [-0.25, -0.2) is 4.98 Å². The van der Waals surface area contributed by atoms with Crippen LogP contribution < -0.4 is 10.2 Å². The molecule has 2 amide bonds. The molecular weight excluding hydrogens is 258 g/mol. The lowest BCUT2D eigenvalue weighted by Crippen LogP contribution is -2.42. The summed E-state index contributed by atoms with van der Waals surface area (Å²) in [5, 5.41) is 12.4. The first kappa shape index (κ1) is 12.2. The van der Waals surface area contributed by atoms with Gasteiger partial charge in [0, 0.05) is 6.20 Å². The number of fused-ring (bicyclic) bond motifs is 1. The minimum Gasteiger partial charge on any atom is -0.505 e. The molecular formula is C14H11N3O3. The van der Waals surface area contributed by atoms with Gasteiger partial charge in [-0.2, -0.15) is 0 Å². The molecule has 20 heavy (non-hydrogen) atoms. The molecule has 2 N–H and O–H groups in total. The fourth-order valence-corrected chi connectivity index (χ4v) is 2.10. The Morgan fingerprint density at radius 3 is 2.85 bits per heavy atom. The summed E-state index contributed by atoms with van der Waals surface area (Å²) in [6.07, 6.45) is 1.42. The van der Waals surface area contributed by atoms with Gasteiger partial charge in [-0.15, -0.1) is 0 Å². The van der Waals surface area contributed by atoms with E-state index in [0.717, 1.165) is 0 Å². The second kappa shape index (κ2) is 4.65. The Morgan fingerprint density at radius 1 is 1.25 bits per heavy atom. The zero-order chi connectivity index (χ0) is 14.1. The summed E-state index contributed by atoms with van der Waals surface area (Å²) in [6, 6.07) is 9.90. The Labute approximate surface area is 114 Å². The Kier molecular flexibility index (Phi) is 2.83. The number of para-hydroxylation sites is 2. The number of anilines is 2. The summed E-state index contributed by atoms with van der Waals surface area (Å²) in [5.74, 6) is -1.00. The highest BCUT2D eigenvalue weighted by atomic mass is 16.3. The summed E-state index contributed by atoms with van der Waals surface area (Å²) >= 11 is 0. The maximum atomic E-state index is 12.5. The summed E-state index contributed by atoms with van der Waals surface area (Å²) in [6.45, 7) is -0.105. The zero-order valence-electron chi connectivity index (χ0n) is 10.4. The van der Waals surface area contributed by atoms with Crippen molar-refractivity contribution in [2.24, 2.45) is 0 Å². The first-order chi connectivity index (χ1) is 9.66. The molecule has 0 spiro atoms. The Bertz CT molecular complexity index is 700. The van der Waals surface area contributed by atoms with Gasteiger partial charge in [0.25, 0.3) is 5.91 Å². The van der Waals surface area contributed by atoms with Crippen LogP contribution in [0.2, 0.25) is 0 Å². The Hall–Kier alpha value is -2.89. The normalized spacial score (nSPS) is 13.6. The van der Waals surface area contributed by atoms with Crippen LogP contribution in [-0.2, 0) is 4.79 Å². The molecule has 1 aromatic heterocycles. The fourth-order valence-electron chi connectivity index (χ4n) is 2.10. The molecule has 1 aliphatic heterocycles. The van der Waals surface area contributed by atoms with Crippen LogP contribution in [0.1, 0.15) is 10.5 Å². The van der Waals surface area contributed by atoms with Crippen molar-refractivity contribution in [2.75, 3.05) is 16.8 Å². The van der Waals surface area contributed by atoms with Gasteiger partial charge in [-0.3, -0.25) is 14.5 Å². The number of pyridine rings is 1. The number of hydrogen-bond donors (Lipinski definition) is 2. The second-order valence-corrected chi connectivity index (χ2v) is 4.33. The Balaban J connectivity index is 2.05. The smallest absolute Gasteiger partial charge is 0.281 e. The third-order valence-electron chi connectivity index (χ3n) is 3.00. The average Bonchev–Trinajstić information content (AvgIpc) is 2.46. The van der Waals surface area contributed by atoms with Gasteiger partial charge in [-0.05, 0) is 24.3 Å². The lowest BCUT2D eigenvalue weighted by molar-refractivity contribution is -0.115. The van der Waals surface area contributed by atoms with Gasteiger partial charge in [0.1, 0.15) is 12.3 Å². The molecule has 0 aliphatic carbocycles. The molecule has 0 bridgehead atoms. The fraction of sp³-hybridized carbons (Fsp3) is 0.0714. The van der Waals surface area contributed by atoms with Crippen LogP contribution in [0.5, 0.6) is 5.75 Å². The van der Waals surface area contributed by atoms with E-state index in [1.807, 2.05) is 0 Å². The molecule has 6 heteroatoms. The first-order valence-corrected chi connectivity index (χ1v) is 6.01. The van der Waals surface area contributed by atoms with Crippen molar-refractivity contribution >= 4 is 23.2 Å². The molecule has 1 aromatic carbocycles. The van der Waals surface area contributed by atoms with Gasteiger partial charge >= 0.3 is 0 Å². The maximum Gasteiger partial charge on any atom is 0.281 e. The third-order valence-corrected chi connectivity index (χ3v) is 3.00. The van der Waals surface area contributed by atoms with Crippen molar-refractivity contribution < 1.29 is 14.7 Å². The molecule has 0 saturated carbocycles. The van der Waals surface area contributed by atoms with Crippen LogP contribution in [0.3, 0.4) is 0 Å². The van der Waals surface area contributed by atoms with E-state index >= 15 is 0 Å². The highest BCUT2D eigenvalue weighted by molar-refractivity contribution is 6.15. The molecule has 0 fully saturated rings. The number of benzene rings is 1. The van der Waals surface area contributed by atoms with Gasteiger partial charge in [0.05, 0.1) is 11.4 Å². The van der Waals surface area contributed by atoms with E-state index in [2.05, 4.69) is 10.3 Å². The maximum absolute atomic E-state index is 12.5. The van der Waals surface area contributed by atoms with Crippen LogP contribution in [0.15, 0.2) is 42.6 Å². The predicted octanol–water partition coefficient (Wildman–Crippen LogP) is 1.39. The molecule has 0 radical (unpaired) electrons. The second-order valence-electron chi connectivity index (χ2n) is 4.33. The number of amides is 2. The Morgan fingerprint density at radius 2 is 2.05 bits per heavy atom. The van der Waals surface area contributed by atoms with Gasteiger partial charge in [0.2, 0.25) is 5.91 Å². The minimum absolute atomic E-state index is 0.0722. The van der Waals surface area contributed by atoms with E-state index in [1.165, 1.54) is 23.2 Å². The number of nitrogens with one attached hydrogen (secondary N) is 1. The lowest BCUT2D eigenvalue weighted by atomic mass is 10.1. The van der Waals surface area contributed by atoms with Gasteiger partial charge in [0.15, 0.2) is 5.69 Å². The van der Waals surface area contributed by atoms with Crippen LogP contribution >= 0.6 is 0 Å². The van der Waals surface area contributed by atoms with E-state index in [-0.39, 0.29) is 23.9 Å². The van der Waals surface area contributed by atoms with Gasteiger partial charge in [-0.1, -0.05) is 12.1 Å². The molecule has 2 heterocycles. The van der Waals surface area contributed by atoms with E-state index < -0.39 is 5.91 Å². The van der Waals surface area contributed by atoms with Gasteiger partial charge < -0.3 is 10.4 Å². The van der Waals surface area contributed by atoms with Crippen molar-refractivity contribution in [1.82, 2.24) is 4.98 Å². The quantitative estimate of drug-likeness (QED) is 0.819. The highest BCUT2D eigenvalue weighted by Gasteiger charge is 2.29. The van der Waals surface area contributed by atoms with Crippen molar-refractivity contribution in [3.63, 3.8) is 0 Å². The zero-order valence-corrected chi connectivity index (χ0v) is 10.4. The molecule has 6 nitrogen and oxygen atoms in total. The number of hydrogen-bond acceptors (Lipinski definition) is 4. The number of nitrogens with zero attached hydrogens (tertiary/aromatic N) is 2. The SMILES string of the molecule is O=C1CN(C(=O)c2ncccc2O)c2ccccc2N1. The van der Waals surface area contributed by atoms with Crippen LogP contribution in [0.4, 0.5) is 11.4 Å². The summed E-state index contributed by atoms with van der Waals surface area (Å²) < 4.78 is 0. The summed E-state index contributed by atoms with van der Waals surface area (Å²) in [5.41, 5.74) is 1.08. The van der Waals surface area contributed by atoms with Crippen molar-refractivity contribution in [2.45, 2.75) is 0 Å². The molecule has 3 rings (SSSR count). The monoisotopic (exact) mass is 269 g/mol. The molecule has 1 aliphatic rings. The van der Waals surface area contributed by atoms with Crippen molar-refractivity contribution in [3.8, 4) is 5.75 Å². The van der Waals surface area contributed by atoms with Crippen LogP contribution in [0.25, 0.3) is 0 Å². The van der Waals surface area contributed by atoms with Crippen LogP contribution in [-0.4, -0.2) is 28.4 Å². The average molecular weight is 269 g/mol. The topological polar surface area (TPSA) is 82.5 Å². The molecule has 2 aromatic rings. The van der Waals surface area contributed by atoms with E-state index in [0.29, 0.717) is 11.4 Å². The highest BCUT2D eigenvalue weighted by Crippen LogP contribution is 2.30. The first-order valence-electron chi connectivity index (χ1n) is 6.01. The molecule has 0 unspecified atom stereocenters.